The average Bonchev–Trinajstić information content (AvgIpc) is 2.76. The van der Waals surface area contributed by atoms with Gasteiger partial charge in [0.2, 0.25) is 5.91 Å². The van der Waals surface area contributed by atoms with Crippen molar-refractivity contribution in [2.45, 2.75) is 44.7 Å². The maximum Gasteiger partial charge on any atom is 0.251 e. The van der Waals surface area contributed by atoms with Gasteiger partial charge in [0.1, 0.15) is 6.04 Å². The second-order valence-electron chi connectivity index (χ2n) is 7.71. The molecule has 0 radical (unpaired) electrons. The summed E-state index contributed by atoms with van der Waals surface area (Å²) < 4.78 is 0. The van der Waals surface area contributed by atoms with Crippen LogP contribution in [0.1, 0.15) is 42.1 Å². The van der Waals surface area contributed by atoms with E-state index < -0.39 is 6.04 Å². The van der Waals surface area contributed by atoms with Crippen LogP contribution in [0.2, 0.25) is 0 Å². The third kappa shape index (κ3) is 6.43. The highest BCUT2D eigenvalue weighted by atomic mass is 16.2. The zero-order valence-corrected chi connectivity index (χ0v) is 17.1. The number of benzene rings is 2. The monoisotopic (exact) mass is 393 g/mol. The summed E-state index contributed by atoms with van der Waals surface area (Å²) in [7, 11) is 0. The Bertz CT molecular complexity index is 771. The molecule has 2 aromatic rings. The highest BCUT2D eigenvalue weighted by Gasteiger charge is 2.26. The van der Waals surface area contributed by atoms with Crippen molar-refractivity contribution in [3.63, 3.8) is 0 Å². The SMILES string of the molecule is CCCN1CCC(NC(=O)C(Cc2ccccc2)NC(=O)c2ccccc2)CC1. The number of hydrogen-bond donors (Lipinski definition) is 2. The first kappa shape index (κ1) is 21.1. The summed E-state index contributed by atoms with van der Waals surface area (Å²) in [4.78, 5) is 28.2. The Morgan fingerprint density at radius 2 is 1.62 bits per heavy atom. The van der Waals surface area contributed by atoms with Gasteiger partial charge >= 0.3 is 0 Å². The lowest BCUT2D eigenvalue weighted by atomic mass is 10.0. The van der Waals surface area contributed by atoms with Gasteiger partial charge in [-0.05, 0) is 43.5 Å². The van der Waals surface area contributed by atoms with Crippen LogP contribution in [0.4, 0.5) is 0 Å². The van der Waals surface area contributed by atoms with Gasteiger partial charge in [-0.3, -0.25) is 9.59 Å². The Morgan fingerprint density at radius 1 is 1.00 bits per heavy atom. The first-order chi connectivity index (χ1) is 14.2. The highest BCUT2D eigenvalue weighted by molar-refractivity contribution is 5.97. The Balaban J connectivity index is 1.64. The molecule has 5 nitrogen and oxygen atoms in total. The van der Waals surface area contributed by atoms with Crippen molar-refractivity contribution in [2.75, 3.05) is 19.6 Å². The number of likely N-dealkylation sites (tertiary alicyclic amines) is 1. The molecule has 1 fully saturated rings. The van der Waals surface area contributed by atoms with E-state index in [9.17, 15) is 9.59 Å². The van der Waals surface area contributed by atoms with Gasteiger partial charge in [0.15, 0.2) is 0 Å². The Kier molecular flexibility index (Phi) is 7.82. The minimum absolute atomic E-state index is 0.105. The van der Waals surface area contributed by atoms with Crippen LogP contribution in [0.3, 0.4) is 0 Å². The molecule has 154 valence electrons. The zero-order chi connectivity index (χ0) is 20.5. The second-order valence-corrected chi connectivity index (χ2v) is 7.71. The van der Waals surface area contributed by atoms with E-state index in [0.717, 1.165) is 44.5 Å². The average molecular weight is 394 g/mol. The van der Waals surface area contributed by atoms with Gasteiger partial charge < -0.3 is 15.5 Å². The van der Waals surface area contributed by atoms with Crippen molar-refractivity contribution >= 4 is 11.8 Å². The molecule has 0 spiro atoms. The van der Waals surface area contributed by atoms with Crippen molar-refractivity contribution in [1.29, 1.82) is 0 Å². The largest absolute Gasteiger partial charge is 0.351 e. The molecule has 1 aliphatic rings. The smallest absolute Gasteiger partial charge is 0.251 e. The van der Waals surface area contributed by atoms with Crippen LogP contribution in [0.5, 0.6) is 0 Å². The van der Waals surface area contributed by atoms with Crippen LogP contribution >= 0.6 is 0 Å². The van der Waals surface area contributed by atoms with Crippen LogP contribution in [-0.4, -0.2) is 48.4 Å². The first-order valence-electron chi connectivity index (χ1n) is 10.6. The minimum atomic E-state index is -0.598. The fourth-order valence-corrected chi connectivity index (χ4v) is 3.81. The lowest BCUT2D eigenvalue weighted by Crippen LogP contribution is -2.53. The van der Waals surface area contributed by atoms with E-state index in [1.165, 1.54) is 0 Å². The van der Waals surface area contributed by atoms with E-state index in [0.29, 0.717) is 12.0 Å². The first-order valence-corrected chi connectivity index (χ1v) is 10.6. The summed E-state index contributed by atoms with van der Waals surface area (Å²) in [6.45, 7) is 5.33. The molecule has 1 aliphatic heterocycles. The summed E-state index contributed by atoms with van der Waals surface area (Å²) in [5.74, 6) is -0.327. The zero-order valence-electron chi connectivity index (χ0n) is 17.1. The molecule has 0 bridgehead atoms. The van der Waals surface area contributed by atoms with Gasteiger partial charge in [-0.25, -0.2) is 0 Å². The maximum absolute atomic E-state index is 13.1. The van der Waals surface area contributed by atoms with Crippen LogP contribution in [0.15, 0.2) is 60.7 Å². The third-order valence-electron chi connectivity index (χ3n) is 5.41. The van der Waals surface area contributed by atoms with E-state index in [4.69, 9.17) is 0 Å². The van der Waals surface area contributed by atoms with E-state index >= 15 is 0 Å². The molecule has 0 aromatic heterocycles. The number of amides is 2. The molecule has 1 saturated heterocycles. The van der Waals surface area contributed by atoms with Crippen molar-refractivity contribution in [2.24, 2.45) is 0 Å². The summed E-state index contributed by atoms with van der Waals surface area (Å²) in [6, 6.07) is 18.4. The van der Waals surface area contributed by atoms with E-state index in [1.807, 2.05) is 48.5 Å². The van der Waals surface area contributed by atoms with E-state index in [1.54, 1.807) is 12.1 Å². The molecule has 1 atom stereocenters. The molecule has 29 heavy (non-hydrogen) atoms. The molecular weight excluding hydrogens is 362 g/mol. The molecule has 0 aliphatic carbocycles. The Hall–Kier alpha value is -2.66. The molecule has 5 heteroatoms. The maximum atomic E-state index is 13.1. The van der Waals surface area contributed by atoms with Crippen molar-refractivity contribution in [1.82, 2.24) is 15.5 Å². The Morgan fingerprint density at radius 3 is 2.24 bits per heavy atom. The van der Waals surface area contributed by atoms with Gasteiger partial charge in [0.25, 0.3) is 5.91 Å². The van der Waals surface area contributed by atoms with Crippen LogP contribution in [-0.2, 0) is 11.2 Å². The minimum Gasteiger partial charge on any atom is -0.351 e. The number of piperidine rings is 1. The molecule has 2 amide bonds. The molecule has 2 aromatic carbocycles. The number of carbonyl (C=O) groups excluding carboxylic acids is 2. The van der Waals surface area contributed by atoms with Gasteiger partial charge in [-0.15, -0.1) is 0 Å². The van der Waals surface area contributed by atoms with Gasteiger partial charge in [-0.1, -0.05) is 55.5 Å². The normalized spacial score (nSPS) is 16.2. The van der Waals surface area contributed by atoms with Gasteiger partial charge in [0.05, 0.1) is 0 Å². The van der Waals surface area contributed by atoms with Crippen LogP contribution in [0, 0.1) is 0 Å². The molecule has 1 heterocycles. The molecule has 1 unspecified atom stereocenters. The predicted molar refractivity (Wildman–Crippen MR) is 116 cm³/mol. The summed E-state index contributed by atoms with van der Waals surface area (Å²) >= 11 is 0. The quantitative estimate of drug-likeness (QED) is 0.725. The Labute approximate surface area is 173 Å². The van der Waals surface area contributed by atoms with E-state index in [-0.39, 0.29) is 17.9 Å². The number of rotatable bonds is 8. The fraction of sp³-hybridized carbons (Fsp3) is 0.417. The fourth-order valence-electron chi connectivity index (χ4n) is 3.81. The number of nitrogens with one attached hydrogen (secondary N) is 2. The van der Waals surface area contributed by atoms with Crippen LogP contribution in [0.25, 0.3) is 0 Å². The van der Waals surface area contributed by atoms with Crippen molar-refractivity contribution in [3.05, 3.63) is 71.8 Å². The van der Waals surface area contributed by atoms with Crippen molar-refractivity contribution in [3.8, 4) is 0 Å². The standard InChI is InChI=1S/C24H31N3O2/c1-2-15-27-16-13-21(14-17-27)25-24(29)22(18-19-9-5-3-6-10-19)26-23(28)20-11-7-4-8-12-20/h3-12,21-22H,2,13-18H2,1H3,(H,25,29)(H,26,28). The number of carbonyl (C=O) groups is 2. The number of hydrogen-bond acceptors (Lipinski definition) is 3. The topological polar surface area (TPSA) is 61.4 Å². The summed E-state index contributed by atoms with van der Waals surface area (Å²) in [5, 5.41) is 6.12. The third-order valence-corrected chi connectivity index (χ3v) is 5.41. The van der Waals surface area contributed by atoms with E-state index in [2.05, 4.69) is 22.5 Å². The lowest BCUT2D eigenvalue weighted by molar-refractivity contribution is -0.124. The van der Waals surface area contributed by atoms with Crippen LogP contribution < -0.4 is 10.6 Å². The lowest BCUT2D eigenvalue weighted by Gasteiger charge is -2.33. The molecule has 2 N–H and O–H groups in total. The molecular formula is C24H31N3O2. The summed E-state index contributed by atoms with van der Waals surface area (Å²) in [5.41, 5.74) is 1.59. The molecule has 0 saturated carbocycles. The van der Waals surface area contributed by atoms with Gasteiger partial charge in [-0.2, -0.15) is 0 Å². The van der Waals surface area contributed by atoms with Gasteiger partial charge in [0, 0.05) is 31.1 Å². The predicted octanol–water partition coefficient (Wildman–Crippen LogP) is 3.02. The van der Waals surface area contributed by atoms with Crippen molar-refractivity contribution < 1.29 is 9.59 Å². The molecule has 3 rings (SSSR count). The number of nitrogens with zero attached hydrogens (tertiary/aromatic N) is 1. The summed E-state index contributed by atoms with van der Waals surface area (Å²) in [6.07, 6.45) is 3.54. The second kappa shape index (κ2) is 10.8. The highest BCUT2D eigenvalue weighted by Crippen LogP contribution is 2.12.